The van der Waals surface area contributed by atoms with Gasteiger partial charge in [0.05, 0.1) is 4.47 Å². The van der Waals surface area contributed by atoms with E-state index in [1.165, 1.54) is 17.9 Å². The average Bonchev–Trinajstić information content (AvgIpc) is 2.72. The molecule has 1 atom stereocenters. The Morgan fingerprint density at radius 2 is 2.53 bits per heavy atom. The lowest BCUT2D eigenvalue weighted by Gasteiger charge is -2.11. The zero-order valence-corrected chi connectivity index (χ0v) is 10.6. The number of nitrogens with two attached hydrogens (primary N) is 1. The second-order valence-electron chi connectivity index (χ2n) is 3.54. The normalized spacial score (nSPS) is 20.5. The molecular formula is C9H13BrN4S. The number of nitrogen functional groups attached to an aromatic ring is 1. The van der Waals surface area contributed by atoms with Crippen LogP contribution >= 0.6 is 27.7 Å². The number of nitrogens with one attached hydrogen (secondary N) is 1. The maximum atomic E-state index is 5.52. The van der Waals surface area contributed by atoms with Crippen LogP contribution in [0.4, 0.5) is 11.8 Å². The molecule has 4 nitrogen and oxygen atoms in total. The number of anilines is 2. The maximum absolute atomic E-state index is 5.52. The van der Waals surface area contributed by atoms with Crippen LogP contribution < -0.4 is 11.1 Å². The molecule has 1 aliphatic heterocycles. The van der Waals surface area contributed by atoms with Crippen molar-refractivity contribution in [3.05, 3.63) is 10.7 Å². The van der Waals surface area contributed by atoms with Crippen molar-refractivity contribution < 1.29 is 0 Å². The minimum absolute atomic E-state index is 0.307. The zero-order valence-electron chi connectivity index (χ0n) is 8.24. The van der Waals surface area contributed by atoms with Crippen LogP contribution in [-0.2, 0) is 0 Å². The summed E-state index contributed by atoms with van der Waals surface area (Å²) in [6, 6.07) is 0. The Morgan fingerprint density at radius 3 is 3.27 bits per heavy atom. The quantitative estimate of drug-likeness (QED) is 0.891. The molecule has 1 aromatic rings. The van der Waals surface area contributed by atoms with Crippen molar-refractivity contribution in [3.8, 4) is 0 Å². The van der Waals surface area contributed by atoms with Gasteiger partial charge in [-0.1, -0.05) is 0 Å². The van der Waals surface area contributed by atoms with E-state index in [4.69, 9.17) is 5.73 Å². The molecule has 0 bridgehead atoms. The summed E-state index contributed by atoms with van der Waals surface area (Å²) in [7, 11) is 0. The van der Waals surface area contributed by atoms with Crippen LogP contribution in [0.5, 0.6) is 0 Å². The molecule has 82 valence electrons. The number of hydrogen-bond donors (Lipinski definition) is 2. The van der Waals surface area contributed by atoms with Crippen molar-refractivity contribution >= 4 is 39.5 Å². The van der Waals surface area contributed by atoms with Gasteiger partial charge in [0.2, 0.25) is 5.95 Å². The standard InChI is InChI=1S/C9H13BrN4S/c10-7-4-13-9(11)14-8(7)12-3-6-1-2-15-5-6/h4,6H,1-3,5H2,(H3,11,12,13,14). The van der Waals surface area contributed by atoms with E-state index in [9.17, 15) is 0 Å². The predicted molar refractivity (Wildman–Crippen MR) is 68.1 cm³/mol. The topological polar surface area (TPSA) is 63.8 Å². The van der Waals surface area contributed by atoms with Crippen molar-refractivity contribution in [2.75, 3.05) is 29.1 Å². The molecule has 0 amide bonds. The van der Waals surface area contributed by atoms with Gasteiger partial charge in [0.25, 0.3) is 0 Å². The fourth-order valence-electron chi connectivity index (χ4n) is 1.49. The summed E-state index contributed by atoms with van der Waals surface area (Å²) in [5.41, 5.74) is 5.52. The molecule has 0 radical (unpaired) electrons. The van der Waals surface area contributed by atoms with Crippen molar-refractivity contribution in [2.24, 2.45) is 5.92 Å². The van der Waals surface area contributed by atoms with E-state index >= 15 is 0 Å². The molecule has 6 heteroatoms. The molecule has 3 N–H and O–H groups in total. The molecule has 1 aliphatic rings. The number of aromatic nitrogens is 2. The maximum Gasteiger partial charge on any atom is 0.221 e. The van der Waals surface area contributed by atoms with Crippen molar-refractivity contribution in [1.29, 1.82) is 0 Å². The van der Waals surface area contributed by atoms with Crippen molar-refractivity contribution in [1.82, 2.24) is 9.97 Å². The first-order chi connectivity index (χ1) is 7.25. The van der Waals surface area contributed by atoms with Gasteiger partial charge in [-0.2, -0.15) is 16.7 Å². The summed E-state index contributed by atoms with van der Waals surface area (Å²) in [6.07, 6.45) is 2.96. The third-order valence-corrected chi connectivity index (χ3v) is 4.16. The summed E-state index contributed by atoms with van der Waals surface area (Å²) in [5.74, 6) is 4.36. The van der Waals surface area contributed by atoms with E-state index in [1.54, 1.807) is 6.20 Å². The number of halogens is 1. The molecule has 15 heavy (non-hydrogen) atoms. The molecule has 1 aromatic heterocycles. The largest absolute Gasteiger partial charge is 0.369 e. The van der Waals surface area contributed by atoms with Crippen LogP contribution in [0.15, 0.2) is 10.7 Å². The molecular weight excluding hydrogens is 276 g/mol. The Morgan fingerprint density at radius 1 is 1.67 bits per heavy atom. The number of rotatable bonds is 3. The molecule has 1 saturated heterocycles. The smallest absolute Gasteiger partial charge is 0.221 e. The minimum Gasteiger partial charge on any atom is -0.369 e. The van der Waals surface area contributed by atoms with Crippen LogP contribution in [-0.4, -0.2) is 28.0 Å². The van der Waals surface area contributed by atoms with Gasteiger partial charge < -0.3 is 11.1 Å². The summed E-state index contributed by atoms with van der Waals surface area (Å²) < 4.78 is 0.863. The van der Waals surface area contributed by atoms with Gasteiger partial charge in [-0.15, -0.1) is 0 Å². The number of nitrogens with zero attached hydrogens (tertiary/aromatic N) is 2. The lowest BCUT2D eigenvalue weighted by atomic mass is 10.1. The molecule has 0 saturated carbocycles. The fraction of sp³-hybridized carbons (Fsp3) is 0.556. The van der Waals surface area contributed by atoms with Gasteiger partial charge in [-0.3, -0.25) is 0 Å². The van der Waals surface area contributed by atoms with E-state index in [-0.39, 0.29) is 0 Å². The summed E-state index contributed by atoms with van der Waals surface area (Å²) in [5, 5.41) is 3.30. The molecule has 0 aromatic carbocycles. The highest BCUT2D eigenvalue weighted by molar-refractivity contribution is 9.10. The Labute approximate surface area is 102 Å². The first kappa shape index (κ1) is 11.0. The van der Waals surface area contributed by atoms with Crippen LogP contribution in [0.1, 0.15) is 6.42 Å². The van der Waals surface area contributed by atoms with Crippen molar-refractivity contribution in [3.63, 3.8) is 0 Å². The number of hydrogen-bond acceptors (Lipinski definition) is 5. The summed E-state index contributed by atoms with van der Waals surface area (Å²) in [4.78, 5) is 8.03. The first-order valence-electron chi connectivity index (χ1n) is 4.85. The van der Waals surface area contributed by atoms with Gasteiger partial charge >= 0.3 is 0 Å². The lowest BCUT2D eigenvalue weighted by Crippen LogP contribution is -2.15. The van der Waals surface area contributed by atoms with E-state index in [1.807, 2.05) is 11.8 Å². The van der Waals surface area contributed by atoms with Gasteiger partial charge in [0, 0.05) is 12.7 Å². The summed E-state index contributed by atoms with van der Waals surface area (Å²) in [6.45, 7) is 0.960. The molecule has 2 rings (SSSR count). The SMILES string of the molecule is Nc1ncc(Br)c(NCC2CCSC2)n1. The van der Waals surface area contributed by atoms with Crippen LogP contribution in [0.2, 0.25) is 0 Å². The van der Waals surface area contributed by atoms with E-state index in [2.05, 4.69) is 31.2 Å². The number of thioether (sulfide) groups is 1. The van der Waals surface area contributed by atoms with E-state index < -0.39 is 0 Å². The second-order valence-corrected chi connectivity index (χ2v) is 5.54. The van der Waals surface area contributed by atoms with Crippen LogP contribution in [0.3, 0.4) is 0 Å². The van der Waals surface area contributed by atoms with E-state index in [0.717, 1.165) is 22.8 Å². The molecule has 1 fully saturated rings. The van der Waals surface area contributed by atoms with Gasteiger partial charge in [-0.05, 0) is 39.8 Å². The average molecular weight is 289 g/mol. The second kappa shape index (κ2) is 5.03. The first-order valence-corrected chi connectivity index (χ1v) is 6.80. The lowest BCUT2D eigenvalue weighted by molar-refractivity contribution is 0.630. The Kier molecular flexibility index (Phi) is 3.69. The van der Waals surface area contributed by atoms with Crippen LogP contribution in [0.25, 0.3) is 0 Å². The Hall–Kier alpha value is -0.490. The fourth-order valence-corrected chi connectivity index (χ4v) is 3.11. The highest BCUT2D eigenvalue weighted by Gasteiger charge is 2.15. The molecule has 2 heterocycles. The van der Waals surface area contributed by atoms with E-state index in [0.29, 0.717) is 5.95 Å². The van der Waals surface area contributed by atoms with Gasteiger partial charge in [0.15, 0.2) is 0 Å². The molecule has 1 unspecified atom stereocenters. The van der Waals surface area contributed by atoms with Gasteiger partial charge in [-0.25, -0.2) is 4.98 Å². The molecule has 0 aliphatic carbocycles. The summed E-state index contributed by atoms with van der Waals surface area (Å²) >= 11 is 5.41. The molecule has 0 spiro atoms. The van der Waals surface area contributed by atoms with Gasteiger partial charge in [0.1, 0.15) is 5.82 Å². The van der Waals surface area contributed by atoms with Crippen LogP contribution in [0, 0.1) is 5.92 Å². The highest BCUT2D eigenvalue weighted by Crippen LogP contribution is 2.25. The Balaban J connectivity index is 1.94. The minimum atomic E-state index is 0.307. The third-order valence-electron chi connectivity index (χ3n) is 2.34. The third kappa shape index (κ3) is 2.98. The van der Waals surface area contributed by atoms with Crippen molar-refractivity contribution in [2.45, 2.75) is 6.42 Å². The Bertz CT molecular complexity index is 341. The monoisotopic (exact) mass is 288 g/mol. The highest BCUT2D eigenvalue weighted by atomic mass is 79.9. The zero-order chi connectivity index (χ0) is 10.7. The predicted octanol–water partition coefficient (Wildman–Crippen LogP) is 1.99.